The Balaban J connectivity index is 1.39. The smallest absolute Gasteiger partial charge is 0.00555 e. The molecule has 0 heteroatoms. The van der Waals surface area contributed by atoms with Crippen molar-refractivity contribution in [3.63, 3.8) is 0 Å². The summed E-state index contributed by atoms with van der Waals surface area (Å²) < 4.78 is 0. The first-order valence-corrected chi connectivity index (χ1v) is 10.6. The van der Waals surface area contributed by atoms with E-state index in [1.54, 1.807) is 5.56 Å². The minimum Gasteiger partial charge on any atom is -0.0761 e. The molecule has 136 valence electrons. The fourth-order valence-corrected chi connectivity index (χ4v) is 5.19. The van der Waals surface area contributed by atoms with Gasteiger partial charge in [0.1, 0.15) is 0 Å². The van der Waals surface area contributed by atoms with Crippen molar-refractivity contribution in [3.05, 3.63) is 88.5 Å². The number of fused-ring (bicyclic) bond motifs is 1. The van der Waals surface area contributed by atoms with Crippen molar-refractivity contribution < 1.29 is 0 Å². The molecule has 1 saturated carbocycles. The van der Waals surface area contributed by atoms with Crippen LogP contribution in [0.4, 0.5) is 0 Å². The van der Waals surface area contributed by atoms with Gasteiger partial charge in [-0.15, -0.1) is 0 Å². The second kappa shape index (κ2) is 7.00. The van der Waals surface area contributed by atoms with Crippen LogP contribution in [0.5, 0.6) is 0 Å². The first-order valence-electron chi connectivity index (χ1n) is 10.6. The number of hydrogen-bond acceptors (Lipinski definition) is 0. The Morgan fingerprint density at radius 2 is 1.78 bits per heavy atom. The van der Waals surface area contributed by atoms with E-state index in [2.05, 4.69) is 73.7 Å². The lowest BCUT2D eigenvalue weighted by atomic mass is 9.77. The number of hydrogen-bond donors (Lipinski definition) is 0. The molecule has 0 saturated heterocycles. The van der Waals surface area contributed by atoms with Gasteiger partial charge in [0.15, 0.2) is 0 Å². The zero-order chi connectivity index (χ0) is 18.2. The molecule has 0 radical (unpaired) electrons. The van der Waals surface area contributed by atoms with Crippen LogP contribution < -0.4 is 0 Å². The van der Waals surface area contributed by atoms with E-state index in [1.165, 1.54) is 65.5 Å². The van der Waals surface area contributed by atoms with Crippen LogP contribution in [-0.2, 0) is 0 Å². The van der Waals surface area contributed by atoms with Crippen molar-refractivity contribution >= 4 is 17.2 Å². The van der Waals surface area contributed by atoms with Gasteiger partial charge >= 0.3 is 0 Å². The monoisotopic (exact) mass is 352 g/mol. The van der Waals surface area contributed by atoms with Gasteiger partial charge in [0.2, 0.25) is 0 Å². The lowest BCUT2D eigenvalue weighted by Gasteiger charge is -2.27. The third-order valence-corrected chi connectivity index (χ3v) is 6.68. The van der Waals surface area contributed by atoms with Crippen LogP contribution in [0.3, 0.4) is 0 Å². The highest BCUT2D eigenvalue weighted by Gasteiger charge is 2.27. The third kappa shape index (κ3) is 3.23. The minimum absolute atomic E-state index is 0.660. The molecule has 0 bridgehead atoms. The number of benzene rings is 2. The Bertz CT molecular complexity index is 948. The Morgan fingerprint density at radius 1 is 0.889 bits per heavy atom. The highest BCUT2D eigenvalue weighted by atomic mass is 14.3. The largest absolute Gasteiger partial charge is 0.0761 e. The molecule has 1 atom stereocenters. The van der Waals surface area contributed by atoms with Crippen LogP contribution in [-0.4, -0.2) is 0 Å². The topological polar surface area (TPSA) is 0 Å². The molecule has 2 aromatic carbocycles. The van der Waals surface area contributed by atoms with Crippen LogP contribution in [0.15, 0.2) is 60.7 Å². The van der Waals surface area contributed by atoms with Gasteiger partial charge < -0.3 is 0 Å². The number of rotatable bonds is 3. The molecule has 2 aromatic rings. The summed E-state index contributed by atoms with van der Waals surface area (Å²) in [6.07, 6.45) is 17.7. The van der Waals surface area contributed by atoms with Crippen LogP contribution >= 0.6 is 0 Å². The van der Waals surface area contributed by atoms with E-state index in [0.29, 0.717) is 5.92 Å². The highest BCUT2D eigenvalue weighted by Crippen LogP contribution is 2.43. The molecule has 3 aliphatic carbocycles. The lowest BCUT2D eigenvalue weighted by molar-refractivity contribution is 0.334. The molecular formula is C27H28. The Hall–Kier alpha value is -2.34. The van der Waals surface area contributed by atoms with E-state index < -0.39 is 0 Å². The Labute approximate surface area is 163 Å². The highest BCUT2D eigenvalue weighted by molar-refractivity contribution is 5.90. The van der Waals surface area contributed by atoms with E-state index in [9.17, 15) is 0 Å². The van der Waals surface area contributed by atoms with Gasteiger partial charge in [-0.1, -0.05) is 85.5 Å². The predicted octanol–water partition coefficient (Wildman–Crippen LogP) is 7.56. The van der Waals surface area contributed by atoms with Crippen molar-refractivity contribution in [1.29, 1.82) is 0 Å². The zero-order valence-electron chi connectivity index (χ0n) is 16.2. The average Bonchev–Trinajstić information content (AvgIpc) is 3.36. The summed E-state index contributed by atoms with van der Waals surface area (Å²) >= 11 is 0. The summed E-state index contributed by atoms with van der Waals surface area (Å²) in [5.41, 5.74) is 9.88. The van der Waals surface area contributed by atoms with Crippen molar-refractivity contribution in [2.75, 3.05) is 0 Å². The summed E-state index contributed by atoms with van der Waals surface area (Å²) in [7, 11) is 0. The molecule has 3 aliphatic rings. The molecule has 5 rings (SSSR count). The molecule has 0 N–H and O–H groups in total. The SMILES string of the molecule is Cc1cccc(C2=CCC(c3ccc4c(c3)C=CC4C3CCCCC3)=C2)c1. The second-order valence-electron chi connectivity index (χ2n) is 8.53. The van der Waals surface area contributed by atoms with Crippen LogP contribution in [0.25, 0.3) is 17.2 Å². The quantitative estimate of drug-likeness (QED) is 0.535. The van der Waals surface area contributed by atoms with E-state index in [1.807, 2.05) is 0 Å². The van der Waals surface area contributed by atoms with Gasteiger partial charge in [0.25, 0.3) is 0 Å². The molecule has 0 nitrogen and oxygen atoms in total. The minimum atomic E-state index is 0.660. The number of aryl methyl sites for hydroxylation is 1. The van der Waals surface area contributed by atoms with Gasteiger partial charge in [0, 0.05) is 5.92 Å². The molecule has 0 spiro atoms. The first-order chi connectivity index (χ1) is 13.3. The molecule has 0 amide bonds. The maximum atomic E-state index is 2.48. The summed E-state index contributed by atoms with van der Waals surface area (Å²) in [6, 6.07) is 16.0. The fraction of sp³-hybridized carbons (Fsp3) is 0.333. The summed E-state index contributed by atoms with van der Waals surface area (Å²) in [4.78, 5) is 0. The third-order valence-electron chi connectivity index (χ3n) is 6.68. The van der Waals surface area contributed by atoms with Crippen molar-refractivity contribution in [1.82, 2.24) is 0 Å². The van der Waals surface area contributed by atoms with E-state index >= 15 is 0 Å². The predicted molar refractivity (Wildman–Crippen MR) is 117 cm³/mol. The Morgan fingerprint density at radius 3 is 2.63 bits per heavy atom. The molecule has 0 aromatic heterocycles. The lowest BCUT2D eigenvalue weighted by Crippen LogP contribution is -2.13. The molecule has 1 fully saturated rings. The van der Waals surface area contributed by atoms with Crippen LogP contribution in [0.1, 0.15) is 72.3 Å². The zero-order valence-corrected chi connectivity index (χ0v) is 16.2. The summed E-state index contributed by atoms with van der Waals surface area (Å²) in [6.45, 7) is 2.17. The molecular weight excluding hydrogens is 324 g/mol. The van der Waals surface area contributed by atoms with Crippen molar-refractivity contribution in [2.45, 2.75) is 51.4 Å². The van der Waals surface area contributed by atoms with Gasteiger partial charge in [-0.2, -0.15) is 0 Å². The van der Waals surface area contributed by atoms with Gasteiger partial charge in [-0.3, -0.25) is 0 Å². The standard InChI is InChI=1S/C27H28/c1-19-6-5-9-21(16-19)22-10-11-23(17-22)24-12-14-27-25(18-24)13-15-26(27)20-7-3-2-4-8-20/h5-6,9-10,12-18,20,26H,2-4,7-8,11H2,1H3. The molecule has 0 heterocycles. The second-order valence-corrected chi connectivity index (χ2v) is 8.53. The summed E-state index contributed by atoms with van der Waals surface area (Å²) in [5, 5.41) is 0. The average molecular weight is 353 g/mol. The molecule has 1 unspecified atom stereocenters. The van der Waals surface area contributed by atoms with Gasteiger partial charge in [0.05, 0.1) is 0 Å². The molecule has 0 aliphatic heterocycles. The van der Waals surface area contributed by atoms with Crippen LogP contribution in [0, 0.1) is 12.8 Å². The molecule has 27 heavy (non-hydrogen) atoms. The van der Waals surface area contributed by atoms with Crippen LogP contribution in [0.2, 0.25) is 0 Å². The van der Waals surface area contributed by atoms with E-state index in [4.69, 9.17) is 0 Å². The fourth-order valence-electron chi connectivity index (χ4n) is 5.19. The Kier molecular flexibility index (Phi) is 4.36. The van der Waals surface area contributed by atoms with E-state index in [-0.39, 0.29) is 0 Å². The van der Waals surface area contributed by atoms with Gasteiger partial charge in [-0.05, 0) is 71.6 Å². The summed E-state index contributed by atoms with van der Waals surface area (Å²) in [5.74, 6) is 1.52. The van der Waals surface area contributed by atoms with Crippen molar-refractivity contribution in [2.24, 2.45) is 5.92 Å². The number of allylic oxidation sites excluding steroid dienone is 5. The van der Waals surface area contributed by atoms with Crippen molar-refractivity contribution in [3.8, 4) is 0 Å². The van der Waals surface area contributed by atoms with Gasteiger partial charge in [-0.25, -0.2) is 0 Å². The van der Waals surface area contributed by atoms with E-state index in [0.717, 1.165) is 12.3 Å². The first kappa shape index (κ1) is 16.8. The maximum Gasteiger partial charge on any atom is 0.00555 e. The normalized spacial score (nSPS) is 21.9. The maximum absolute atomic E-state index is 2.48.